The van der Waals surface area contributed by atoms with Crippen LogP contribution in [-0.4, -0.2) is 72.8 Å². The summed E-state index contributed by atoms with van der Waals surface area (Å²) in [7, 11) is 0. The highest BCUT2D eigenvalue weighted by molar-refractivity contribution is 5.79. The Morgan fingerprint density at radius 1 is 1.14 bits per heavy atom. The van der Waals surface area contributed by atoms with Crippen LogP contribution in [0.3, 0.4) is 0 Å². The van der Waals surface area contributed by atoms with Gasteiger partial charge in [-0.1, -0.05) is 24.3 Å². The van der Waals surface area contributed by atoms with E-state index in [1.807, 2.05) is 0 Å². The molecule has 1 N–H and O–H groups in total. The van der Waals surface area contributed by atoms with Crippen molar-refractivity contribution in [3.63, 3.8) is 0 Å². The molecule has 3 aliphatic rings. The predicted octanol–water partition coefficient (Wildman–Crippen LogP) is 1.90. The molecule has 3 heterocycles. The van der Waals surface area contributed by atoms with E-state index in [9.17, 15) is 22.8 Å². The minimum atomic E-state index is -4.21. The largest absolute Gasteiger partial charge is 0.393 e. The molecule has 0 radical (unpaired) electrons. The number of nitrogens with zero attached hydrogens (tertiary/aromatic N) is 2. The van der Waals surface area contributed by atoms with Gasteiger partial charge in [-0.05, 0) is 17.5 Å². The SMILES string of the molecule is O=C1CO[C@H]2CCN(C(=O)N3CC(c4ccc(CC(F)(F)F)cc4)C3)C[C@H]2N1. The van der Waals surface area contributed by atoms with Gasteiger partial charge in [0.1, 0.15) is 6.61 Å². The Morgan fingerprint density at radius 3 is 2.54 bits per heavy atom. The number of carbonyl (C=O) groups is 2. The van der Waals surface area contributed by atoms with E-state index in [1.54, 1.807) is 21.9 Å². The number of nitrogens with one attached hydrogen (secondary N) is 1. The maximum atomic E-state index is 12.7. The molecular weight excluding hydrogens is 375 g/mol. The summed E-state index contributed by atoms with van der Waals surface area (Å²) in [5.41, 5.74) is 1.18. The average molecular weight is 397 g/mol. The fourth-order valence-corrected chi connectivity index (χ4v) is 4.06. The van der Waals surface area contributed by atoms with E-state index in [-0.39, 0.29) is 42.2 Å². The molecule has 3 amide bonds. The number of hydrogen-bond donors (Lipinski definition) is 1. The van der Waals surface area contributed by atoms with Crippen LogP contribution in [-0.2, 0) is 16.0 Å². The highest BCUT2D eigenvalue weighted by atomic mass is 19.4. The molecule has 0 unspecified atom stereocenters. The molecule has 0 saturated carbocycles. The first kappa shape index (κ1) is 19.0. The number of fused-ring (bicyclic) bond motifs is 1. The predicted molar refractivity (Wildman–Crippen MR) is 93.8 cm³/mol. The van der Waals surface area contributed by atoms with Crippen molar-refractivity contribution >= 4 is 11.9 Å². The molecule has 9 heteroatoms. The molecule has 0 aliphatic carbocycles. The van der Waals surface area contributed by atoms with Crippen molar-refractivity contribution in [1.82, 2.24) is 15.1 Å². The number of morpholine rings is 1. The summed E-state index contributed by atoms with van der Waals surface area (Å²) in [4.78, 5) is 27.7. The van der Waals surface area contributed by atoms with Crippen LogP contribution in [0.1, 0.15) is 23.5 Å². The number of piperidine rings is 1. The van der Waals surface area contributed by atoms with E-state index >= 15 is 0 Å². The van der Waals surface area contributed by atoms with Crippen molar-refractivity contribution in [1.29, 1.82) is 0 Å². The molecule has 28 heavy (non-hydrogen) atoms. The molecule has 0 aromatic heterocycles. The highest BCUT2D eigenvalue weighted by Crippen LogP contribution is 2.30. The quantitative estimate of drug-likeness (QED) is 0.829. The molecule has 1 aromatic rings. The van der Waals surface area contributed by atoms with Gasteiger partial charge in [-0.2, -0.15) is 13.2 Å². The van der Waals surface area contributed by atoms with Crippen LogP contribution >= 0.6 is 0 Å². The minimum Gasteiger partial charge on any atom is -0.366 e. The number of ether oxygens (including phenoxy) is 1. The van der Waals surface area contributed by atoms with Crippen LogP contribution < -0.4 is 5.32 Å². The zero-order chi connectivity index (χ0) is 19.9. The number of alkyl halides is 3. The summed E-state index contributed by atoms with van der Waals surface area (Å²) >= 11 is 0. The van der Waals surface area contributed by atoms with Crippen molar-refractivity contribution in [2.45, 2.75) is 37.1 Å². The zero-order valence-electron chi connectivity index (χ0n) is 15.2. The number of benzene rings is 1. The van der Waals surface area contributed by atoms with Gasteiger partial charge in [0.15, 0.2) is 0 Å². The third kappa shape index (κ3) is 4.09. The Balaban J connectivity index is 1.29. The second-order valence-corrected chi connectivity index (χ2v) is 7.68. The molecule has 152 valence electrons. The van der Waals surface area contributed by atoms with Gasteiger partial charge in [-0.15, -0.1) is 0 Å². The standard InChI is InChI=1S/C19H22F3N3O3/c20-19(21,22)7-12-1-3-13(4-2-12)14-8-25(9-14)18(27)24-6-5-16-15(10-24)23-17(26)11-28-16/h1-4,14-16H,5-11H2,(H,23,26)/t15-,16+/m1/s1. The summed E-state index contributed by atoms with van der Waals surface area (Å²) in [6, 6.07) is 6.20. The first-order chi connectivity index (χ1) is 13.3. The summed E-state index contributed by atoms with van der Waals surface area (Å²) < 4.78 is 42.8. The van der Waals surface area contributed by atoms with Crippen LogP contribution in [0.5, 0.6) is 0 Å². The fourth-order valence-electron chi connectivity index (χ4n) is 4.06. The van der Waals surface area contributed by atoms with Crippen LogP contribution in [0.2, 0.25) is 0 Å². The summed E-state index contributed by atoms with van der Waals surface area (Å²) in [6.07, 6.45) is -4.49. The molecular formula is C19H22F3N3O3. The van der Waals surface area contributed by atoms with Gasteiger partial charge in [0, 0.05) is 32.1 Å². The normalized spacial score (nSPS) is 25.8. The minimum absolute atomic E-state index is 0.0406. The highest BCUT2D eigenvalue weighted by Gasteiger charge is 2.40. The Morgan fingerprint density at radius 2 is 1.86 bits per heavy atom. The van der Waals surface area contributed by atoms with E-state index < -0.39 is 12.6 Å². The number of carbonyl (C=O) groups excluding carboxylic acids is 2. The van der Waals surface area contributed by atoms with Crippen LogP contribution in [0.15, 0.2) is 24.3 Å². The van der Waals surface area contributed by atoms with Crippen LogP contribution in [0, 0.1) is 0 Å². The van der Waals surface area contributed by atoms with Gasteiger partial charge in [0.2, 0.25) is 5.91 Å². The van der Waals surface area contributed by atoms with Crippen LogP contribution in [0.4, 0.5) is 18.0 Å². The second kappa shape index (κ2) is 7.27. The van der Waals surface area contributed by atoms with Crippen molar-refractivity contribution in [2.75, 3.05) is 32.8 Å². The van der Waals surface area contributed by atoms with Crippen molar-refractivity contribution in [2.24, 2.45) is 0 Å². The van der Waals surface area contributed by atoms with Crippen LogP contribution in [0.25, 0.3) is 0 Å². The maximum Gasteiger partial charge on any atom is 0.393 e. The van der Waals surface area contributed by atoms with E-state index in [4.69, 9.17) is 4.74 Å². The van der Waals surface area contributed by atoms with Gasteiger partial charge >= 0.3 is 12.2 Å². The lowest BCUT2D eigenvalue weighted by Gasteiger charge is -2.46. The molecule has 3 aliphatic heterocycles. The lowest BCUT2D eigenvalue weighted by atomic mass is 9.90. The molecule has 6 nitrogen and oxygen atoms in total. The topological polar surface area (TPSA) is 61.9 Å². The van der Waals surface area contributed by atoms with Crippen molar-refractivity contribution < 1.29 is 27.5 Å². The zero-order valence-corrected chi connectivity index (χ0v) is 15.2. The van der Waals surface area contributed by atoms with Gasteiger partial charge in [0.25, 0.3) is 0 Å². The smallest absolute Gasteiger partial charge is 0.366 e. The third-order valence-corrected chi connectivity index (χ3v) is 5.60. The Hall–Kier alpha value is -2.29. The molecule has 4 rings (SSSR count). The first-order valence-electron chi connectivity index (χ1n) is 9.39. The third-order valence-electron chi connectivity index (χ3n) is 5.60. The summed E-state index contributed by atoms with van der Waals surface area (Å²) in [6.45, 7) is 2.19. The number of amides is 3. The van der Waals surface area contributed by atoms with E-state index in [0.29, 0.717) is 32.6 Å². The molecule has 3 fully saturated rings. The Labute approximate surface area is 160 Å². The van der Waals surface area contributed by atoms with Gasteiger partial charge < -0.3 is 19.9 Å². The molecule has 0 bridgehead atoms. The lowest BCUT2D eigenvalue weighted by Crippen LogP contribution is -2.63. The van der Waals surface area contributed by atoms with Gasteiger partial charge in [-0.25, -0.2) is 4.79 Å². The average Bonchev–Trinajstić information content (AvgIpc) is 2.60. The van der Waals surface area contributed by atoms with Gasteiger partial charge in [-0.3, -0.25) is 4.79 Å². The maximum absolute atomic E-state index is 12.7. The monoisotopic (exact) mass is 397 g/mol. The molecule has 0 spiro atoms. The first-order valence-corrected chi connectivity index (χ1v) is 9.39. The van der Waals surface area contributed by atoms with Crippen molar-refractivity contribution in [3.8, 4) is 0 Å². The van der Waals surface area contributed by atoms with E-state index in [0.717, 1.165) is 5.56 Å². The lowest BCUT2D eigenvalue weighted by molar-refractivity contribution is -0.139. The Bertz CT molecular complexity index is 747. The molecule has 3 saturated heterocycles. The summed E-state index contributed by atoms with van der Waals surface area (Å²) in [5, 5.41) is 2.88. The number of halogens is 3. The number of urea groups is 1. The number of rotatable bonds is 2. The molecule has 2 atom stereocenters. The molecule has 1 aromatic carbocycles. The van der Waals surface area contributed by atoms with E-state index in [2.05, 4.69) is 5.32 Å². The van der Waals surface area contributed by atoms with Crippen molar-refractivity contribution in [3.05, 3.63) is 35.4 Å². The number of likely N-dealkylation sites (tertiary alicyclic amines) is 2. The van der Waals surface area contributed by atoms with Gasteiger partial charge in [0.05, 0.1) is 18.6 Å². The summed E-state index contributed by atoms with van der Waals surface area (Å²) in [5.74, 6) is -0.0207. The second-order valence-electron chi connectivity index (χ2n) is 7.68. The Kier molecular flexibility index (Phi) is 4.95. The van der Waals surface area contributed by atoms with E-state index in [1.165, 1.54) is 12.1 Å². The number of hydrogen-bond acceptors (Lipinski definition) is 3. The fraction of sp³-hybridized carbons (Fsp3) is 0.579.